The maximum absolute atomic E-state index is 12.3. The van der Waals surface area contributed by atoms with Gasteiger partial charge in [-0.05, 0) is 30.7 Å². The number of carbonyl (C=O) groups excluding carboxylic acids is 1. The van der Waals surface area contributed by atoms with Gasteiger partial charge in [0.1, 0.15) is 11.4 Å². The molecule has 0 radical (unpaired) electrons. The number of nitrogens with one attached hydrogen (secondary N) is 1. The van der Waals surface area contributed by atoms with Crippen molar-refractivity contribution in [2.45, 2.75) is 26.2 Å². The van der Waals surface area contributed by atoms with Gasteiger partial charge in [0.2, 0.25) is 5.91 Å². The summed E-state index contributed by atoms with van der Waals surface area (Å²) in [6, 6.07) is 7.32. The van der Waals surface area contributed by atoms with E-state index in [1.165, 1.54) is 0 Å². The van der Waals surface area contributed by atoms with E-state index in [1.54, 1.807) is 4.90 Å². The molecule has 0 atom stereocenters. The average Bonchev–Trinajstić information content (AvgIpc) is 2.72. The van der Waals surface area contributed by atoms with Crippen LogP contribution in [0.1, 0.15) is 25.5 Å². The smallest absolute Gasteiger partial charge is 0.273 e. The fourth-order valence-electron chi connectivity index (χ4n) is 2.78. The second-order valence-electron chi connectivity index (χ2n) is 6.32. The summed E-state index contributed by atoms with van der Waals surface area (Å²) in [7, 11) is 0. The first-order valence-corrected chi connectivity index (χ1v) is 9.22. The van der Waals surface area contributed by atoms with Gasteiger partial charge in [0.25, 0.3) is 5.56 Å². The van der Waals surface area contributed by atoms with Crippen molar-refractivity contribution in [1.29, 1.82) is 0 Å². The molecule has 1 aromatic carbocycles. The minimum Gasteiger partial charge on any atom is -0.494 e. The Morgan fingerprint density at radius 3 is 2.63 bits per heavy atom. The van der Waals surface area contributed by atoms with Gasteiger partial charge in [-0.1, -0.05) is 6.92 Å². The van der Waals surface area contributed by atoms with Crippen molar-refractivity contribution in [3.8, 4) is 17.1 Å². The van der Waals surface area contributed by atoms with Crippen LogP contribution in [-0.4, -0.2) is 58.9 Å². The first-order chi connectivity index (χ1) is 13.2. The summed E-state index contributed by atoms with van der Waals surface area (Å²) >= 11 is 0. The number of amides is 1. The Kier molecular flexibility index (Phi) is 6.54. The second-order valence-corrected chi connectivity index (χ2v) is 6.32. The highest BCUT2D eigenvalue weighted by molar-refractivity contribution is 5.76. The topological polar surface area (TPSA) is 97.4 Å². The van der Waals surface area contributed by atoms with E-state index in [0.717, 1.165) is 17.7 Å². The molecule has 0 saturated carbocycles. The van der Waals surface area contributed by atoms with Crippen LogP contribution in [0.3, 0.4) is 0 Å². The molecule has 1 fully saturated rings. The lowest BCUT2D eigenvalue weighted by molar-refractivity contribution is -0.135. The van der Waals surface area contributed by atoms with Gasteiger partial charge in [0.05, 0.1) is 19.8 Å². The lowest BCUT2D eigenvalue weighted by Gasteiger charge is -2.26. The van der Waals surface area contributed by atoms with Gasteiger partial charge in [-0.15, -0.1) is 10.2 Å². The molecule has 144 valence electrons. The SMILES string of the molecule is CCCOc1ccc(-c2nnc(CCC(=O)N3CCOCC3)c(=O)[nH]2)cc1. The number of hydrogen-bond donors (Lipinski definition) is 1. The summed E-state index contributed by atoms with van der Waals surface area (Å²) in [5.41, 5.74) is 0.698. The van der Waals surface area contributed by atoms with Crippen LogP contribution in [-0.2, 0) is 16.0 Å². The molecule has 0 spiro atoms. The highest BCUT2D eigenvalue weighted by Gasteiger charge is 2.17. The van der Waals surface area contributed by atoms with E-state index in [-0.39, 0.29) is 30.0 Å². The van der Waals surface area contributed by atoms with E-state index in [1.807, 2.05) is 31.2 Å². The Balaban J connectivity index is 1.61. The molecule has 8 heteroatoms. The molecule has 1 saturated heterocycles. The van der Waals surface area contributed by atoms with Crippen molar-refractivity contribution >= 4 is 5.91 Å². The molecule has 2 aromatic rings. The van der Waals surface area contributed by atoms with Crippen molar-refractivity contribution in [1.82, 2.24) is 20.1 Å². The van der Waals surface area contributed by atoms with Crippen molar-refractivity contribution in [3.63, 3.8) is 0 Å². The van der Waals surface area contributed by atoms with Crippen LogP contribution in [0.25, 0.3) is 11.4 Å². The lowest BCUT2D eigenvalue weighted by atomic mass is 10.2. The Morgan fingerprint density at radius 1 is 1.22 bits per heavy atom. The van der Waals surface area contributed by atoms with E-state index in [4.69, 9.17) is 9.47 Å². The van der Waals surface area contributed by atoms with E-state index in [0.29, 0.717) is 38.7 Å². The Bertz CT molecular complexity index is 813. The van der Waals surface area contributed by atoms with Gasteiger partial charge in [-0.2, -0.15) is 0 Å². The van der Waals surface area contributed by atoms with Gasteiger partial charge in [-0.25, -0.2) is 0 Å². The molecule has 3 rings (SSSR count). The number of ether oxygens (including phenoxy) is 2. The van der Waals surface area contributed by atoms with Gasteiger partial charge in [0.15, 0.2) is 5.82 Å². The van der Waals surface area contributed by atoms with Crippen molar-refractivity contribution in [3.05, 3.63) is 40.3 Å². The number of H-pyrrole nitrogens is 1. The predicted molar refractivity (Wildman–Crippen MR) is 99.6 cm³/mol. The zero-order chi connectivity index (χ0) is 19.1. The van der Waals surface area contributed by atoms with E-state index < -0.39 is 0 Å². The van der Waals surface area contributed by atoms with Crippen molar-refractivity contribution in [2.24, 2.45) is 0 Å². The molecule has 27 heavy (non-hydrogen) atoms. The number of aryl methyl sites for hydroxylation is 1. The van der Waals surface area contributed by atoms with E-state index >= 15 is 0 Å². The standard InChI is InChI=1S/C19H24N4O4/c1-2-11-27-15-5-3-14(4-6-15)18-20-19(25)16(21-22-18)7-8-17(24)23-9-12-26-13-10-23/h3-6H,2,7-13H2,1H3,(H,20,22,25). The maximum Gasteiger partial charge on any atom is 0.273 e. The number of rotatable bonds is 7. The number of nitrogens with zero attached hydrogens (tertiary/aromatic N) is 3. The largest absolute Gasteiger partial charge is 0.494 e. The minimum atomic E-state index is -0.318. The predicted octanol–water partition coefficient (Wildman–Crippen LogP) is 1.41. The van der Waals surface area contributed by atoms with Crippen molar-refractivity contribution in [2.75, 3.05) is 32.9 Å². The Hall–Kier alpha value is -2.74. The number of hydrogen-bond acceptors (Lipinski definition) is 6. The molecule has 0 aliphatic carbocycles. The molecule has 8 nitrogen and oxygen atoms in total. The van der Waals surface area contributed by atoms with Crippen LogP contribution < -0.4 is 10.3 Å². The number of aromatic nitrogens is 3. The van der Waals surface area contributed by atoms with Crippen LogP contribution in [0, 0.1) is 0 Å². The molecule has 1 aromatic heterocycles. The summed E-state index contributed by atoms with van der Waals surface area (Å²) in [6.07, 6.45) is 1.44. The van der Waals surface area contributed by atoms with Crippen LogP contribution in [0.15, 0.2) is 29.1 Å². The van der Waals surface area contributed by atoms with Gasteiger partial charge >= 0.3 is 0 Å². The molecule has 0 bridgehead atoms. The summed E-state index contributed by atoms with van der Waals surface area (Å²) in [4.78, 5) is 29.0. The average molecular weight is 372 g/mol. The van der Waals surface area contributed by atoms with E-state index in [9.17, 15) is 9.59 Å². The third-order valence-corrected chi connectivity index (χ3v) is 4.30. The summed E-state index contributed by atoms with van der Waals surface area (Å²) in [5, 5.41) is 8.12. The fourth-order valence-corrected chi connectivity index (χ4v) is 2.78. The normalized spacial score (nSPS) is 14.2. The molecule has 1 amide bonds. The van der Waals surface area contributed by atoms with Crippen LogP contribution in [0.5, 0.6) is 5.75 Å². The lowest BCUT2D eigenvalue weighted by Crippen LogP contribution is -2.41. The summed E-state index contributed by atoms with van der Waals surface area (Å²) in [5.74, 6) is 1.17. The first kappa shape index (κ1) is 19.0. The highest BCUT2D eigenvalue weighted by Crippen LogP contribution is 2.18. The molecular weight excluding hydrogens is 348 g/mol. The highest BCUT2D eigenvalue weighted by atomic mass is 16.5. The monoisotopic (exact) mass is 372 g/mol. The van der Waals surface area contributed by atoms with Crippen LogP contribution >= 0.6 is 0 Å². The van der Waals surface area contributed by atoms with Crippen LogP contribution in [0.4, 0.5) is 0 Å². The molecule has 1 aliphatic heterocycles. The Morgan fingerprint density at radius 2 is 1.96 bits per heavy atom. The fraction of sp³-hybridized carbons (Fsp3) is 0.474. The summed E-state index contributed by atoms with van der Waals surface area (Å²) in [6.45, 7) is 5.01. The number of benzene rings is 1. The number of carbonyl (C=O) groups is 1. The van der Waals surface area contributed by atoms with Crippen molar-refractivity contribution < 1.29 is 14.3 Å². The van der Waals surface area contributed by atoms with E-state index in [2.05, 4.69) is 15.2 Å². The quantitative estimate of drug-likeness (QED) is 0.789. The molecular formula is C19H24N4O4. The van der Waals surface area contributed by atoms with Gasteiger partial charge in [-0.3, -0.25) is 9.59 Å². The zero-order valence-corrected chi connectivity index (χ0v) is 15.4. The third-order valence-electron chi connectivity index (χ3n) is 4.30. The second kappa shape index (κ2) is 9.27. The molecule has 0 unspecified atom stereocenters. The zero-order valence-electron chi connectivity index (χ0n) is 15.4. The molecule has 2 heterocycles. The minimum absolute atomic E-state index is 0.00578. The molecule has 1 aliphatic rings. The summed E-state index contributed by atoms with van der Waals surface area (Å²) < 4.78 is 10.8. The third kappa shape index (κ3) is 5.13. The number of morpholine rings is 1. The molecule has 1 N–H and O–H groups in total. The van der Waals surface area contributed by atoms with Gasteiger partial charge in [0, 0.05) is 31.5 Å². The van der Waals surface area contributed by atoms with Gasteiger partial charge < -0.3 is 19.4 Å². The first-order valence-electron chi connectivity index (χ1n) is 9.22. The van der Waals surface area contributed by atoms with Crippen LogP contribution in [0.2, 0.25) is 0 Å². The number of aromatic amines is 1. The Labute approximate surface area is 157 Å². The maximum atomic E-state index is 12.3.